The summed E-state index contributed by atoms with van der Waals surface area (Å²) in [4.78, 5) is 11.3. The van der Waals surface area contributed by atoms with Gasteiger partial charge in [0, 0.05) is 26.3 Å². The fraction of sp³-hybridized carbons (Fsp3) is 0.900. The number of hydrogen-bond donors (Lipinski definition) is 2. The molecule has 1 amide bonds. The van der Waals surface area contributed by atoms with Crippen molar-refractivity contribution in [2.45, 2.75) is 25.8 Å². The summed E-state index contributed by atoms with van der Waals surface area (Å²) in [6.07, 6.45) is 1.24. The molecule has 0 rings (SSSR count). The first-order valence-electron chi connectivity index (χ1n) is 5.63. The lowest BCUT2D eigenvalue weighted by molar-refractivity contribution is -0.118. The second-order valence-electron chi connectivity index (χ2n) is 3.92. The van der Waals surface area contributed by atoms with Crippen LogP contribution in [0.4, 0.5) is 0 Å². The van der Waals surface area contributed by atoms with Gasteiger partial charge in [-0.05, 0) is 12.8 Å². The highest BCUT2D eigenvalue weighted by Gasteiger charge is 2.19. The number of nitrogens with two attached hydrogens (primary N) is 1. The van der Waals surface area contributed by atoms with Gasteiger partial charge in [0.25, 0.3) is 0 Å². The van der Waals surface area contributed by atoms with Crippen LogP contribution in [0.1, 0.15) is 19.8 Å². The van der Waals surface area contributed by atoms with Crippen molar-refractivity contribution in [3.63, 3.8) is 0 Å². The van der Waals surface area contributed by atoms with Gasteiger partial charge in [-0.3, -0.25) is 4.79 Å². The number of hydrogen-bond acceptors (Lipinski definition) is 5. The quantitative estimate of drug-likeness (QED) is 0.537. The minimum atomic E-state index is -3.40. The summed E-state index contributed by atoms with van der Waals surface area (Å²) >= 11 is 0. The topological polar surface area (TPSA) is 98.5 Å². The molecule has 1 atom stereocenters. The third-order valence-electron chi connectivity index (χ3n) is 2.19. The van der Waals surface area contributed by atoms with Gasteiger partial charge in [-0.25, -0.2) is 8.42 Å². The molecule has 0 saturated heterocycles. The Hall–Kier alpha value is -0.660. The van der Waals surface area contributed by atoms with E-state index < -0.39 is 27.5 Å². The molecule has 17 heavy (non-hydrogen) atoms. The van der Waals surface area contributed by atoms with E-state index in [-0.39, 0.29) is 5.75 Å². The first-order valence-corrected chi connectivity index (χ1v) is 7.45. The van der Waals surface area contributed by atoms with E-state index in [1.165, 1.54) is 0 Å². The average Bonchev–Trinajstić information content (AvgIpc) is 2.22. The van der Waals surface area contributed by atoms with Gasteiger partial charge in [-0.2, -0.15) is 0 Å². The fourth-order valence-corrected chi connectivity index (χ4v) is 2.71. The van der Waals surface area contributed by atoms with E-state index >= 15 is 0 Å². The van der Waals surface area contributed by atoms with Crippen LogP contribution in [0.25, 0.3) is 0 Å². The minimum Gasteiger partial charge on any atom is -0.385 e. The van der Waals surface area contributed by atoms with Crippen LogP contribution in [0.2, 0.25) is 0 Å². The largest absolute Gasteiger partial charge is 0.385 e. The summed E-state index contributed by atoms with van der Waals surface area (Å²) < 4.78 is 27.9. The Balaban J connectivity index is 3.93. The Morgan fingerprint density at radius 1 is 1.47 bits per heavy atom. The number of rotatable bonds is 9. The van der Waals surface area contributed by atoms with Crippen LogP contribution in [0.5, 0.6) is 0 Å². The molecule has 0 saturated carbocycles. The van der Waals surface area contributed by atoms with E-state index in [9.17, 15) is 13.2 Å². The number of nitrogens with one attached hydrogen (secondary N) is 1. The lowest BCUT2D eigenvalue weighted by atomic mass is 10.3. The molecule has 0 radical (unpaired) electrons. The van der Waals surface area contributed by atoms with Gasteiger partial charge < -0.3 is 15.8 Å². The number of carbonyl (C=O) groups is 1. The van der Waals surface area contributed by atoms with Crippen molar-refractivity contribution in [1.82, 2.24) is 5.32 Å². The van der Waals surface area contributed by atoms with Crippen LogP contribution < -0.4 is 11.1 Å². The summed E-state index contributed by atoms with van der Waals surface area (Å²) in [6.45, 7) is 2.76. The summed E-state index contributed by atoms with van der Waals surface area (Å²) in [5.74, 6) is -1.12. The number of sulfone groups is 1. The summed E-state index contributed by atoms with van der Waals surface area (Å²) in [5.41, 5.74) is 5.55. The van der Waals surface area contributed by atoms with Gasteiger partial charge in [0.1, 0.15) is 5.75 Å². The second kappa shape index (κ2) is 8.43. The van der Waals surface area contributed by atoms with Gasteiger partial charge in [-0.1, -0.05) is 6.92 Å². The van der Waals surface area contributed by atoms with Crippen molar-refractivity contribution >= 4 is 15.7 Å². The molecular formula is C10H22N2O4S. The molecule has 7 heteroatoms. The predicted molar refractivity (Wildman–Crippen MR) is 66.4 cm³/mol. The van der Waals surface area contributed by atoms with Gasteiger partial charge in [0.05, 0.1) is 5.75 Å². The first-order chi connectivity index (χ1) is 7.91. The highest BCUT2D eigenvalue weighted by Crippen LogP contribution is 1.96. The summed E-state index contributed by atoms with van der Waals surface area (Å²) in [7, 11) is -1.84. The highest BCUT2D eigenvalue weighted by atomic mass is 32.2. The van der Waals surface area contributed by atoms with E-state index in [1.54, 1.807) is 7.11 Å². The molecule has 0 bridgehead atoms. The molecule has 0 fully saturated rings. The average molecular weight is 266 g/mol. The SMILES string of the molecule is CCC(N)CS(=O)(=O)CC(=O)NCCCOC. The molecule has 0 aliphatic rings. The second-order valence-corrected chi connectivity index (χ2v) is 6.03. The van der Waals surface area contributed by atoms with Crippen molar-refractivity contribution < 1.29 is 17.9 Å². The lowest BCUT2D eigenvalue weighted by Crippen LogP contribution is -2.36. The third kappa shape index (κ3) is 9.08. The van der Waals surface area contributed by atoms with E-state index in [2.05, 4.69) is 5.32 Å². The van der Waals surface area contributed by atoms with E-state index in [0.29, 0.717) is 26.0 Å². The van der Waals surface area contributed by atoms with Crippen LogP contribution in [0.15, 0.2) is 0 Å². The maximum absolute atomic E-state index is 11.5. The van der Waals surface area contributed by atoms with Crippen molar-refractivity contribution in [3.05, 3.63) is 0 Å². The monoisotopic (exact) mass is 266 g/mol. The maximum atomic E-state index is 11.5. The molecule has 1 unspecified atom stereocenters. The fourth-order valence-electron chi connectivity index (χ4n) is 1.20. The molecule has 0 spiro atoms. The first kappa shape index (κ1) is 16.3. The predicted octanol–water partition coefficient (Wildman–Crippen LogP) is -0.709. The zero-order valence-electron chi connectivity index (χ0n) is 10.4. The van der Waals surface area contributed by atoms with Crippen LogP contribution in [0, 0.1) is 0 Å². The highest BCUT2D eigenvalue weighted by molar-refractivity contribution is 7.92. The van der Waals surface area contributed by atoms with Crippen molar-refractivity contribution in [2.75, 3.05) is 31.8 Å². The smallest absolute Gasteiger partial charge is 0.235 e. The van der Waals surface area contributed by atoms with E-state index in [0.717, 1.165) is 0 Å². The third-order valence-corrected chi connectivity index (χ3v) is 3.83. The Labute approximate surface area is 103 Å². The van der Waals surface area contributed by atoms with E-state index in [4.69, 9.17) is 10.5 Å². The Bertz CT molecular complexity index is 316. The molecule has 0 aliphatic carbocycles. The normalized spacial score (nSPS) is 13.4. The summed E-state index contributed by atoms with van der Waals surface area (Å²) in [5, 5.41) is 2.53. The zero-order chi connectivity index (χ0) is 13.3. The number of ether oxygens (including phenoxy) is 1. The standard InChI is InChI=1S/C10H22N2O4S/c1-3-9(11)7-17(14,15)8-10(13)12-5-4-6-16-2/h9H,3-8,11H2,1-2H3,(H,12,13). The van der Waals surface area contributed by atoms with Crippen molar-refractivity contribution in [3.8, 4) is 0 Å². The molecule has 0 aliphatic heterocycles. The molecule has 0 aromatic heterocycles. The van der Waals surface area contributed by atoms with Crippen molar-refractivity contribution in [2.24, 2.45) is 5.73 Å². The molecule has 102 valence electrons. The molecule has 0 aromatic rings. The van der Waals surface area contributed by atoms with Crippen LogP contribution in [-0.4, -0.2) is 52.1 Å². The van der Waals surface area contributed by atoms with Crippen molar-refractivity contribution in [1.29, 1.82) is 0 Å². The molecule has 0 aromatic carbocycles. The Kier molecular flexibility index (Phi) is 8.11. The van der Waals surface area contributed by atoms with Crippen LogP contribution in [0.3, 0.4) is 0 Å². The zero-order valence-corrected chi connectivity index (χ0v) is 11.3. The van der Waals surface area contributed by atoms with Crippen LogP contribution in [-0.2, 0) is 19.4 Å². The molecule has 6 nitrogen and oxygen atoms in total. The Morgan fingerprint density at radius 3 is 2.65 bits per heavy atom. The number of amides is 1. The number of carbonyl (C=O) groups excluding carboxylic acids is 1. The lowest BCUT2D eigenvalue weighted by Gasteiger charge is -2.09. The Morgan fingerprint density at radius 2 is 2.12 bits per heavy atom. The number of methoxy groups -OCH3 is 1. The molecule has 3 N–H and O–H groups in total. The van der Waals surface area contributed by atoms with Crippen LogP contribution >= 0.6 is 0 Å². The minimum absolute atomic E-state index is 0.144. The summed E-state index contributed by atoms with van der Waals surface area (Å²) in [6, 6.07) is -0.402. The molecular weight excluding hydrogens is 244 g/mol. The van der Waals surface area contributed by atoms with Gasteiger partial charge in [0.15, 0.2) is 9.84 Å². The van der Waals surface area contributed by atoms with Gasteiger partial charge in [0.2, 0.25) is 5.91 Å². The van der Waals surface area contributed by atoms with Gasteiger partial charge in [-0.15, -0.1) is 0 Å². The molecule has 0 heterocycles. The maximum Gasteiger partial charge on any atom is 0.235 e. The van der Waals surface area contributed by atoms with E-state index in [1.807, 2.05) is 6.92 Å². The van der Waals surface area contributed by atoms with Gasteiger partial charge >= 0.3 is 0 Å².